The van der Waals surface area contributed by atoms with Gasteiger partial charge >= 0.3 is 0 Å². The van der Waals surface area contributed by atoms with Crippen LogP contribution in [0.2, 0.25) is 0 Å². The Bertz CT molecular complexity index is 420. The number of aromatic nitrogens is 2. The average molecular weight is 217 g/mol. The highest BCUT2D eigenvalue weighted by Gasteiger charge is 2.01. The summed E-state index contributed by atoms with van der Waals surface area (Å²) < 4.78 is 4.33. The van der Waals surface area contributed by atoms with Crippen LogP contribution in [0.15, 0.2) is 47.6 Å². The molecule has 0 aliphatic rings. The highest BCUT2D eigenvalue weighted by atomic mass is 32.2. The molecule has 0 unspecified atom stereocenters. The van der Waals surface area contributed by atoms with Crippen molar-refractivity contribution in [2.24, 2.45) is 14.1 Å². The zero-order valence-electron chi connectivity index (χ0n) is 9.05. The largest absolute Gasteiger partial charge is 0.368 e. The number of imidazole rings is 1. The molecule has 0 aliphatic carbocycles. The van der Waals surface area contributed by atoms with Gasteiger partial charge in [-0.05, 0) is 4.90 Å². The van der Waals surface area contributed by atoms with Gasteiger partial charge < -0.3 is 11.6 Å². The standard InChI is InChI=1S/C11H14BN2S/c1-13-8-9-14(2)11(13)12-15-10-6-4-3-5-7-10/h3-9,12H,1-2H3. The van der Waals surface area contributed by atoms with Crippen molar-refractivity contribution in [3.05, 3.63) is 42.7 Å². The number of hydrogen-bond acceptors (Lipinski definition) is 1. The third-order valence-electron chi connectivity index (χ3n) is 2.44. The second kappa shape index (κ2) is 4.58. The minimum absolute atomic E-state index is 1.00. The van der Waals surface area contributed by atoms with Gasteiger partial charge in [0.25, 0.3) is 0 Å². The molecule has 15 heavy (non-hydrogen) atoms. The zero-order valence-corrected chi connectivity index (χ0v) is 9.87. The Labute approximate surface area is 95.1 Å². The van der Waals surface area contributed by atoms with E-state index in [2.05, 4.69) is 59.9 Å². The van der Waals surface area contributed by atoms with Gasteiger partial charge in [0.15, 0.2) is 0 Å². The molecule has 0 N–H and O–H groups in total. The van der Waals surface area contributed by atoms with E-state index in [1.807, 2.05) is 17.7 Å². The Morgan fingerprint density at radius 2 is 2.00 bits per heavy atom. The van der Waals surface area contributed by atoms with Gasteiger partial charge in [-0.2, -0.15) is 0 Å². The molecule has 0 spiro atoms. The molecule has 0 aliphatic heterocycles. The van der Waals surface area contributed by atoms with E-state index >= 15 is 0 Å². The Balaban J connectivity index is 2.05. The third-order valence-corrected chi connectivity index (χ3v) is 3.45. The Morgan fingerprint density at radius 1 is 1.27 bits per heavy atom. The molecular formula is C11H14BN2S. The van der Waals surface area contributed by atoms with Crippen LogP contribution in [0.1, 0.15) is 0 Å². The van der Waals surface area contributed by atoms with Crippen molar-refractivity contribution >= 4 is 23.9 Å². The monoisotopic (exact) mass is 217 g/mol. The van der Waals surface area contributed by atoms with E-state index in [1.54, 1.807) is 0 Å². The van der Waals surface area contributed by atoms with E-state index in [4.69, 9.17) is 0 Å². The molecule has 1 aromatic heterocycles. The van der Waals surface area contributed by atoms with Crippen molar-refractivity contribution in [2.45, 2.75) is 4.90 Å². The first-order valence-corrected chi connectivity index (χ1v) is 5.93. The van der Waals surface area contributed by atoms with Crippen LogP contribution in [-0.2, 0) is 14.1 Å². The van der Waals surface area contributed by atoms with Gasteiger partial charge in [-0.15, -0.1) is 0 Å². The molecule has 0 amide bonds. The number of hydrogen-bond donors (Lipinski definition) is 0. The molecule has 0 saturated carbocycles. The smallest absolute Gasteiger partial charge is 0.126 e. The van der Waals surface area contributed by atoms with Gasteiger partial charge in [0.2, 0.25) is 0 Å². The molecule has 77 valence electrons. The average Bonchev–Trinajstić information content (AvgIpc) is 2.58. The van der Waals surface area contributed by atoms with E-state index < -0.39 is 0 Å². The first-order chi connectivity index (χ1) is 7.27. The topological polar surface area (TPSA) is 8.81 Å². The fraction of sp³-hybridized carbons (Fsp3) is 0.182. The van der Waals surface area contributed by atoms with Crippen LogP contribution >= 0.6 is 11.6 Å². The van der Waals surface area contributed by atoms with Crippen molar-refractivity contribution in [3.63, 3.8) is 0 Å². The maximum Gasteiger partial charge on any atom is 0.126 e. The molecule has 1 radical (unpaired) electrons. The fourth-order valence-corrected chi connectivity index (χ4v) is 2.54. The lowest BCUT2D eigenvalue weighted by Gasteiger charge is -2.09. The second-order valence-electron chi connectivity index (χ2n) is 3.54. The van der Waals surface area contributed by atoms with Gasteiger partial charge in [-0.1, -0.05) is 30.3 Å². The van der Waals surface area contributed by atoms with E-state index in [-0.39, 0.29) is 0 Å². The first kappa shape index (κ1) is 10.4. The highest BCUT2D eigenvalue weighted by Crippen LogP contribution is 2.13. The van der Waals surface area contributed by atoms with Crippen LogP contribution in [0.25, 0.3) is 0 Å². The van der Waals surface area contributed by atoms with Crippen molar-refractivity contribution < 1.29 is 4.57 Å². The summed E-state index contributed by atoms with van der Waals surface area (Å²) in [6, 6.07) is 10.5. The van der Waals surface area contributed by atoms with Gasteiger partial charge in [0.05, 0.1) is 20.7 Å². The van der Waals surface area contributed by atoms with Crippen molar-refractivity contribution in [2.75, 3.05) is 0 Å². The predicted molar refractivity (Wildman–Crippen MR) is 65.7 cm³/mol. The third kappa shape index (κ3) is 2.45. The Kier molecular flexibility index (Phi) is 3.16. The van der Waals surface area contributed by atoms with Gasteiger partial charge in [-0.3, -0.25) is 9.13 Å². The van der Waals surface area contributed by atoms with Crippen molar-refractivity contribution in [1.82, 2.24) is 4.57 Å². The summed E-state index contributed by atoms with van der Waals surface area (Å²) in [6.07, 6.45) is 4.17. The minimum atomic E-state index is 1.00. The van der Waals surface area contributed by atoms with Gasteiger partial charge in [0.1, 0.15) is 12.4 Å². The summed E-state index contributed by atoms with van der Waals surface area (Å²) in [7, 11) is 4.17. The SMILES string of the molecule is Cn1cc[n+](C)c1[BH-]Sc1ccccc1. The number of aryl methyl sites for hydroxylation is 2. The lowest BCUT2D eigenvalue weighted by molar-refractivity contribution is -0.652. The zero-order chi connectivity index (χ0) is 10.7. The van der Waals surface area contributed by atoms with E-state index in [0.29, 0.717) is 0 Å². The molecule has 0 saturated heterocycles. The Morgan fingerprint density at radius 3 is 2.60 bits per heavy atom. The van der Waals surface area contributed by atoms with Crippen LogP contribution < -0.4 is 10.3 Å². The second-order valence-corrected chi connectivity index (χ2v) is 4.59. The lowest BCUT2D eigenvalue weighted by atomic mass is 10.1. The summed E-state index contributed by atoms with van der Waals surface area (Å²) >= 11 is 1.86. The van der Waals surface area contributed by atoms with Crippen LogP contribution in [0, 0.1) is 0 Å². The van der Waals surface area contributed by atoms with Crippen LogP contribution in [0.5, 0.6) is 0 Å². The van der Waals surface area contributed by atoms with Gasteiger partial charge in [0, 0.05) is 5.72 Å². The maximum absolute atomic E-state index is 2.16. The Hall–Kier alpha value is -1.16. The number of nitrogens with zero attached hydrogens (tertiary/aromatic N) is 2. The van der Waals surface area contributed by atoms with Crippen LogP contribution in [0.4, 0.5) is 0 Å². The quantitative estimate of drug-likeness (QED) is 0.540. The predicted octanol–water partition coefficient (Wildman–Crippen LogP) is 0.619. The summed E-state index contributed by atoms with van der Waals surface area (Å²) in [5.74, 6) is 0. The first-order valence-electron chi connectivity index (χ1n) is 4.95. The molecule has 0 atom stereocenters. The van der Waals surface area contributed by atoms with Crippen molar-refractivity contribution in [1.29, 1.82) is 0 Å². The normalized spacial score (nSPS) is 10.5. The van der Waals surface area contributed by atoms with Crippen LogP contribution in [-0.4, -0.2) is 11.1 Å². The molecule has 1 heterocycles. The van der Waals surface area contributed by atoms with E-state index in [0.717, 1.165) is 6.56 Å². The molecule has 1 aromatic carbocycles. The highest BCUT2D eigenvalue weighted by molar-refractivity contribution is 8.23. The minimum Gasteiger partial charge on any atom is -0.368 e. The summed E-state index contributed by atoms with van der Waals surface area (Å²) in [5, 5.41) is 0. The number of rotatable bonds is 3. The molecule has 2 rings (SSSR count). The molecule has 2 nitrogen and oxygen atoms in total. The maximum atomic E-state index is 2.16. The summed E-state index contributed by atoms with van der Waals surface area (Å²) in [6.45, 7) is 1.00. The molecular weight excluding hydrogens is 203 g/mol. The molecule has 0 bridgehead atoms. The fourth-order valence-electron chi connectivity index (χ4n) is 1.49. The summed E-state index contributed by atoms with van der Waals surface area (Å²) in [5.41, 5.74) is 1.32. The molecule has 0 fully saturated rings. The van der Waals surface area contributed by atoms with Gasteiger partial charge in [-0.25, -0.2) is 0 Å². The van der Waals surface area contributed by atoms with Crippen molar-refractivity contribution in [3.8, 4) is 0 Å². The van der Waals surface area contributed by atoms with Crippen LogP contribution in [0.3, 0.4) is 0 Å². The van der Waals surface area contributed by atoms with E-state index in [1.165, 1.54) is 10.6 Å². The summed E-state index contributed by atoms with van der Waals surface area (Å²) in [4.78, 5) is 1.32. The number of benzene rings is 1. The van der Waals surface area contributed by atoms with E-state index in [9.17, 15) is 0 Å². The molecule has 2 aromatic rings. The molecule has 4 heteroatoms. The lowest BCUT2D eigenvalue weighted by Crippen LogP contribution is -2.48.